The molecule has 3 N–H and O–H groups in total. The average molecular weight is 509 g/mol. The van der Waals surface area contributed by atoms with E-state index in [2.05, 4.69) is 74.9 Å². The van der Waals surface area contributed by atoms with Crippen molar-refractivity contribution in [3.8, 4) is 11.5 Å². The van der Waals surface area contributed by atoms with Crippen LogP contribution in [-0.2, 0) is 0 Å². The molecule has 1 aromatic carbocycles. The van der Waals surface area contributed by atoms with E-state index < -0.39 is 0 Å². The van der Waals surface area contributed by atoms with Gasteiger partial charge < -0.3 is 20.9 Å². The van der Waals surface area contributed by atoms with Gasteiger partial charge in [-0.25, -0.2) is 19.9 Å². The molecule has 6 rings (SSSR count). The van der Waals surface area contributed by atoms with E-state index in [1.807, 2.05) is 31.2 Å². The van der Waals surface area contributed by atoms with E-state index in [0.29, 0.717) is 23.4 Å². The van der Waals surface area contributed by atoms with Gasteiger partial charge in [-0.15, -0.1) is 0 Å². The summed E-state index contributed by atoms with van der Waals surface area (Å²) in [5.74, 6) is 3.17. The van der Waals surface area contributed by atoms with Crippen LogP contribution in [0.5, 0.6) is 0 Å². The summed E-state index contributed by atoms with van der Waals surface area (Å²) in [6.07, 6.45) is 3.43. The van der Waals surface area contributed by atoms with Crippen molar-refractivity contribution < 1.29 is 0 Å². The first-order valence-corrected chi connectivity index (χ1v) is 13.1. The molecular weight excluding hydrogens is 476 g/mol. The Balaban J connectivity index is 1.06. The highest BCUT2D eigenvalue weighted by Gasteiger charge is 2.23. The van der Waals surface area contributed by atoms with Crippen LogP contribution in [0.3, 0.4) is 0 Å². The third-order valence-corrected chi connectivity index (χ3v) is 6.93. The number of piperazine rings is 1. The normalized spacial score (nSPS) is 16.2. The van der Waals surface area contributed by atoms with Crippen LogP contribution in [0.2, 0.25) is 0 Å². The molecule has 2 saturated heterocycles. The van der Waals surface area contributed by atoms with Crippen molar-refractivity contribution in [2.75, 3.05) is 61.3 Å². The van der Waals surface area contributed by atoms with Crippen molar-refractivity contribution in [3.63, 3.8) is 0 Å². The zero-order valence-corrected chi connectivity index (χ0v) is 21.5. The summed E-state index contributed by atoms with van der Waals surface area (Å²) in [4.78, 5) is 27.5. The minimum atomic E-state index is 0.511. The Hall–Kier alpha value is -4.15. The minimum absolute atomic E-state index is 0.511. The Bertz CT molecular complexity index is 1360. The number of pyridine rings is 1. The van der Waals surface area contributed by atoms with E-state index >= 15 is 0 Å². The van der Waals surface area contributed by atoms with Crippen LogP contribution in [0, 0.1) is 12.8 Å². The molecule has 0 unspecified atom stereocenters. The summed E-state index contributed by atoms with van der Waals surface area (Å²) >= 11 is 0. The largest absolute Gasteiger partial charge is 0.369 e. The SMILES string of the molecule is Cc1cccc(-c2nccc(Nc3ccnc(Nc4ccc(N5CCN(CC6CNC6)CC5)cc4)n3)n2)n1. The number of nitrogens with zero attached hydrogens (tertiary/aromatic N) is 7. The van der Waals surface area contributed by atoms with E-state index in [9.17, 15) is 0 Å². The summed E-state index contributed by atoms with van der Waals surface area (Å²) in [7, 11) is 0. The standard InChI is InChI=1S/C28H32N10/c1-20-3-2-4-24(32-20)27-30-11-9-25(35-27)34-26-10-12-31-28(36-26)33-22-5-7-23(8-6-22)38-15-13-37(14-16-38)19-21-17-29-18-21/h2-12,21,29H,13-19H2,1H3,(H2,30,31,33,34,35,36). The van der Waals surface area contributed by atoms with Crippen LogP contribution in [-0.4, -0.2) is 75.6 Å². The Morgan fingerprint density at radius 1 is 0.816 bits per heavy atom. The third kappa shape index (κ3) is 5.87. The first kappa shape index (κ1) is 24.2. The van der Waals surface area contributed by atoms with Crippen LogP contribution in [0.15, 0.2) is 67.0 Å². The molecule has 0 radical (unpaired) electrons. The first-order valence-electron chi connectivity index (χ1n) is 13.1. The predicted molar refractivity (Wildman–Crippen MR) is 150 cm³/mol. The molecule has 0 atom stereocenters. The second-order valence-electron chi connectivity index (χ2n) is 9.80. The molecule has 3 aromatic heterocycles. The van der Waals surface area contributed by atoms with E-state index in [-0.39, 0.29) is 0 Å². The fraction of sp³-hybridized carbons (Fsp3) is 0.321. The zero-order valence-electron chi connectivity index (χ0n) is 21.5. The van der Waals surface area contributed by atoms with Crippen molar-refractivity contribution in [1.29, 1.82) is 0 Å². The number of nitrogens with one attached hydrogen (secondary N) is 3. The van der Waals surface area contributed by atoms with Crippen LogP contribution >= 0.6 is 0 Å². The zero-order chi connectivity index (χ0) is 25.7. The van der Waals surface area contributed by atoms with Crippen molar-refractivity contribution in [2.45, 2.75) is 6.92 Å². The second-order valence-corrected chi connectivity index (χ2v) is 9.80. The van der Waals surface area contributed by atoms with Gasteiger partial charge in [0.1, 0.15) is 17.3 Å². The van der Waals surface area contributed by atoms with E-state index in [1.54, 1.807) is 18.5 Å². The van der Waals surface area contributed by atoms with E-state index in [0.717, 1.165) is 49.2 Å². The molecule has 38 heavy (non-hydrogen) atoms. The number of aryl methyl sites for hydroxylation is 1. The van der Waals surface area contributed by atoms with Crippen LogP contribution in [0.4, 0.5) is 29.0 Å². The van der Waals surface area contributed by atoms with Crippen molar-refractivity contribution in [2.24, 2.45) is 5.92 Å². The lowest BCUT2D eigenvalue weighted by Gasteiger charge is -2.39. The summed E-state index contributed by atoms with van der Waals surface area (Å²) in [6, 6.07) is 17.9. The molecule has 2 aliphatic heterocycles. The monoisotopic (exact) mass is 508 g/mol. The molecule has 0 spiro atoms. The molecule has 194 valence electrons. The van der Waals surface area contributed by atoms with E-state index in [1.165, 1.54) is 25.3 Å². The highest BCUT2D eigenvalue weighted by Crippen LogP contribution is 2.23. The van der Waals surface area contributed by atoms with Gasteiger partial charge in [-0.1, -0.05) is 6.07 Å². The summed E-state index contributed by atoms with van der Waals surface area (Å²) in [5, 5.41) is 9.92. The van der Waals surface area contributed by atoms with Crippen molar-refractivity contribution >= 4 is 29.0 Å². The quantitative estimate of drug-likeness (QED) is 0.327. The lowest BCUT2D eigenvalue weighted by molar-refractivity contribution is 0.184. The number of benzene rings is 1. The third-order valence-electron chi connectivity index (χ3n) is 6.93. The minimum Gasteiger partial charge on any atom is -0.369 e. The van der Waals surface area contributed by atoms with Crippen LogP contribution in [0.25, 0.3) is 11.5 Å². The molecule has 0 bridgehead atoms. The van der Waals surface area contributed by atoms with E-state index in [4.69, 9.17) is 0 Å². The maximum Gasteiger partial charge on any atom is 0.229 e. The second kappa shape index (κ2) is 11.1. The molecule has 5 heterocycles. The van der Waals surface area contributed by atoms with Gasteiger partial charge in [0.25, 0.3) is 0 Å². The topological polar surface area (TPSA) is 107 Å². The molecule has 0 aliphatic carbocycles. The number of aromatic nitrogens is 5. The molecule has 2 fully saturated rings. The smallest absolute Gasteiger partial charge is 0.229 e. The van der Waals surface area contributed by atoms with Crippen LogP contribution in [0.1, 0.15) is 5.69 Å². The van der Waals surface area contributed by atoms with Gasteiger partial charge in [-0.05, 0) is 61.4 Å². The Morgan fingerprint density at radius 2 is 1.58 bits per heavy atom. The molecule has 2 aliphatic rings. The maximum absolute atomic E-state index is 4.61. The summed E-state index contributed by atoms with van der Waals surface area (Å²) in [5.41, 5.74) is 3.84. The van der Waals surface area contributed by atoms with Crippen molar-refractivity contribution in [3.05, 3.63) is 72.7 Å². The lowest BCUT2D eigenvalue weighted by atomic mass is 10.0. The first-order chi connectivity index (χ1) is 18.7. The summed E-state index contributed by atoms with van der Waals surface area (Å²) < 4.78 is 0. The van der Waals surface area contributed by atoms with Gasteiger partial charge in [0.15, 0.2) is 5.82 Å². The van der Waals surface area contributed by atoms with Gasteiger partial charge >= 0.3 is 0 Å². The number of rotatable bonds is 8. The van der Waals surface area contributed by atoms with Crippen molar-refractivity contribution in [1.82, 2.24) is 35.1 Å². The number of anilines is 5. The number of hydrogen-bond acceptors (Lipinski definition) is 10. The molecule has 10 nitrogen and oxygen atoms in total. The van der Waals surface area contributed by atoms with Gasteiger partial charge in [0, 0.05) is 75.3 Å². The number of hydrogen-bond donors (Lipinski definition) is 3. The van der Waals surface area contributed by atoms with Gasteiger partial charge in [-0.2, -0.15) is 4.98 Å². The average Bonchev–Trinajstić information content (AvgIpc) is 2.92. The van der Waals surface area contributed by atoms with Gasteiger partial charge in [0.2, 0.25) is 5.95 Å². The van der Waals surface area contributed by atoms with Gasteiger partial charge in [-0.3, -0.25) is 4.90 Å². The predicted octanol–water partition coefficient (Wildman–Crippen LogP) is 3.47. The summed E-state index contributed by atoms with van der Waals surface area (Å²) in [6.45, 7) is 9.89. The Kier molecular flexibility index (Phi) is 7.05. The lowest BCUT2D eigenvalue weighted by Crippen LogP contribution is -2.53. The van der Waals surface area contributed by atoms with Crippen LogP contribution < -0.4 is 20.9 Å². The Morgan fingerprint density at radius 3 is 2.32 bits per heavy atom. The highest BCUT2D eigenvalue weighted by atomic mass is 15.3. The Labute approximate surface area is 222 Å². The molecule has 0 amide bonds. The molecule has 0 saturated carbocycles. The fourth-order valence-electron chi connectivity index (χ4n) is 4.76. The highest BCUT2D eigenvalue weighted by molar-refractivity contribution is 5.62. The molecular formula is C28H32N10. The fourth-order valence-corrected chi connectivity index (χ4v) is 4.76. The molecule has 4 aromatic rings. The maximum atomic E-state index is 4.61. The van der Waals surface area contributed by atoms with Gasteiger partial charge in [0.05, 0.1) is 0 Å². The molecule has 10 heteroatoms.